The number of rotatable bonds is 5. The Kier molecular flexibility index (Phi) is 5.37. The van der Waals surface area contributed by atoms with Crippen LogP contribution in [-0.2, 0) is 25.6 Å². The molecule has 2 rings (SSSR count). The van der Waals surface area contributed by atoms with Crippen LogP contribution in [0.4, 0.5) is 5.82 Å². The molecule has 2 unspecified atom stereocenters. The van der Waals surface area contributed by atoms with Gasteiger partial charge in [-0.3, -0.25) is 4.57 Å². The van der Waals surface area contributed by atoms with E-state index in [-0.39, 0.29) is 11.9 Å². The summed E-state index contributed by atoms with van der Waals surface area (Å²) in [6, 6.07) is 0. The number of anilines is 1. The number of nitrogen functional groups attached to an aromatic ring is 1. The Labute approximate surface area is 133 Å². The van der Waals surface area contributed by atoms with E-state index in [0.29, 0.717) is 18.4 Å². The molecule has 1 saturated heterocycles. The van der Waals surface area contributed by atoms with Crippen molar-refractivity contribution >= 4 is 24.3 Å². The van der Waals surface area contributed by atoms with Gasteiger partial charge in [0.1, 0.15) is 18.8 Å². The molecule has 0 aromatic carbocycles. The maximum atomic E-state index is 12.0. The van der Waals surface area contributed by atoms with E-state index in [1.54, 1.807) is 13.1 Å². The highest BCUT2D eigenvalue weighted by molar-refractivity contribution is 8.06. The van der Waals surface area contributed by atoms with Gasteiger partial charge in [-0.1, -0.05) is 18.7 Å². The van der Waals surface area contributed by atoms with E-state index >= 15 is 0 Å². The lowest BCUT2D eigenvalue weighted by atomic mass is 10.1. The van der Waals surface area contributed by atoms with Crippen LogP contribution in [0.15, 0.2) is 11.0 Å². The second-order valence-electron chi connectivity index (χ2n) is 5.05. The normalized spacial score (nSPS) is 27.7. The lowest BCUT2D eigenvalue weighted by Gasteiger charge is -2.30. The molecule has 0 radical (unpaired) electrons. The quantitative estimate of drug-likeness (QED) is 0.763. The first-order valence-electron chi connectivity index (χ1n) is 6.83. The molecule has 0 aliphatic carbocycles. The molecule has 8 nitrogen and oxygen atoms in total. The first-order valence-corrected chi connectivity index (χ1v) is 9.39. The van der Waals surface area contributed by atoms with Gasteiger partial charge in [0.15, 0.2) is 0 Å². The Hall–Kier alpha value is -0.830. The van der Waals surface area contributed by atoms with Crippen molar-refractivity contribution < 1.29 is 18.7 Å². The van der Waals surface area contributed by atoms with Gasteiger partial charge in [0.05, 0.1) is 12.2 Å². The summed E-state index contributed by atoms with van der Waals surface area (Å²) in [5, 5.41) is 0. The lowest BCUT2D eigenvalue weighted by Crippen LogP contribution is -2.28. The van der Waals surface area contributed by atoms with Crippen molar-refractivity contribution in [1.82, 2.24) is 9.55 Å². The molecule has 10 heteroatoms. The van der Waals surface area contributed by atoms with Gasteiger partial charge in [-0.05, 0) is 13.3 Å². The summed E-state index contributed by atoms with van der Waals surface area (Å²) in [5.41, 5.74) is 5.78. The van der Waals surface area contributed by atoms with Gasteiger partial charge in [-0.2, -0.15) is 4.98 Å². The SMILES string of the molecule is CC[C@H]1O[C@@H](n2cc(C)c(N)nc2=O)CC1OP([O-])(=S)OC. The maximum absolute atomic E-state index is 12.0. The van der Waals surface area contributed by atoms with E-state index in [1.165, 1.54) is 11.7 Å². The second kappa shape index (κ2) is 6.74. The Morgan fingerprint density at radius 1 is 1.68 bits per heavy atom. The van der Waals surface area contributed by atoms with Gasteiger partial charge in [0.2, 0.25) is 0 Å². The van der Waals surface area contributed by atoms with Crippen molar-refractivity contribution in [2.45, 2.75) is 45.1 Å². The van der Waals surface area contributed by atoms with Crippen molar-refractivity contribution in [2.24, 2.45) is 0 Å². The predicted octanol–water partition coefficient (Wildman–Crippen LogP) is 0.448. The number of ether oxygens (including phenoxy) is 1. The van der Waals surface area contributed by atoms with Crippen LogP contribution < -0.4 is 16.3 Å². The van der Waals surface area contributed by atoms with Crippen LogP contribution in [-0.4, -0.2) is 28.9 Å². The minimum Gasteiger partial charge on any atom is -0.780 e. The summed E-state index contributed by atoms with van der Waals surface area (Å²) in [6.45, 7) is 0.113. The average molecular weight is 348 g/mol. The number of nitrogens with two attached hydrogens (primary N) is 1. The van der Waals surface area contributed by atoms with E-state index in [2.05, 4.69) is 9.51 Å². The zero-order valence-electron chi connectivity index (χ0n) is 12.6. The molecular formula is C12H19N3O5PS-. The fraction of sp³-hybridized carbons (Fsp3) is 0.667. The zero-order valence-corrected chi connectivity index (χ0v) is 14.3. The van der Waals surface area contributed by atoms with E-state index < -0.39 is 24.7 Å². The van der Waals surface area contributed by atoms with Crippen LogP contribution in [0.1, 0.15) is 31.6 Å². The van der Waals surface area contributed by atoms with Crippen molar-refractivity contribution in [3.63, 3.8) is 0 Å². The predicted molar refractivity (Wildman–Crippen MR) is 82.6 cm³/mol. The van der Waals surface area contributed by atoms with Gasteiger partial charge in [-0.15, -0.1) is 0 Å². The fourth-order valence-electron chi connectivity index (χ4n) is 2.34. The standard InChI is InChI=1S/C12H20N3O5PS/c1-4-8-9(20-21(17,22)18-3)5-10(19-8)15-6-7(2)11(13)14-12(15)16/h6,8-10H,4-5H2,1-3H3,(H,17,22)(H2,13,14,16)/p-1/t8-,9?,10-,21?/m1/s1. The van der Waals surface area contributed by atoms with Gasteiger partial charge in [0, 0.05) is 25.3 Å². The van der Waals surface area contributed by atoms with E-state index in [1.807, 2.05) is 6.92 Å². The van der Waals surface area contributed by atoms with Crippen molar-refractivity contribution in [1.29, 1.82) is 0 Å². The molecule has 2 N–H and O–H groups in total. The smallest absolute Gasteiger partial charge is 0.351 e. The molecule has 0 spiro atoms. The molecule has 1 aliphatic heterocycles. The summed E-state index contributed by atoms with van der Waals surface area (Å²) in [4.78, 5) is 27.5. The zero-order chi connectivity index (χ0) is 16.5. The third kappa shape index (κ3) is 3.73. The molecule has 22 heavy (non-hydrogen) atoms. The highest BCUT2D eigenvalue weighted by Gasteiger charge is 2.37. The fourth-order valence-corrected chi connectivity index (χ4v) is 3.31. The van der Waals surface area contributed by atoms with Crippen LogP contribution >= 0.6 is 6.72 Å². The van der Waals surface area contributed by atoms with Crippen molar-refractivity contribution in [3.05, 3.63) is 22.2 Å². The van der Waals surface area contributed by atoms with Crippen molar-refractivity contribution in [3.8, 4) is 0 Å². The largest absolute Gasteiger partial charge is 0.780 e. The molecule has 1 aromatic heterocycles. The van der Waals surface area contributed by atoms with Crippen LogP contribution in [0, 0.1) is 6.92 Å². The molecule has 1 aromatic rings. The van der Waals surface area contributed by atoms with Crippen LogP contribution in [0.3, 0.4) is 0 Å². The van der Waals surface area contributed by atoms with Crippen LogP contribution in [0.2, 0.25) is 0 Å². The molecule has 0 bridgehead atoms. The number of hydrogen-bond acceptors (Lipinski definition) is 8. The maximum Gasteiger partial charge on any atom is 0.351 e. The highest BCUT2D eigenvalue weighted by Crippen LogP contribution is 2.44. The van der Waals surface area contributed by atoms with Gasteiger partial charge in [-0.25, -0.2) is 4.79 Å². The molecular weight excluding hydrogens is 329 g/mol. The Morgan fingerprint density at radius 2 is 2.36 bits per heavy atom. The number of nitrogens with zero attached hydrogens (tertiary/aromatic N) is 2. The number of hydrogen-bond donors (Lipinski definition) is 1. The first kappa shape index (κ1) is 17.5. The number of aromatic nitrogens is 2. The van der Waals surface area contributed by atoms with E-state index in [4.69, 9.17) is 26.8 Å². The minimum absolute atomic E-state index is 0.188. The molecule has 1 fully saturated rings. The molecule has 0 amide bonds. The lowest BCUT2D eigenvalue weighted by molar-refractivity contribution is -0.209. The summed E-state index contributed by atoms with van der Waals surface area (Å²) >= 11 is 4.76. The molecule has 1 aliphatic rings. The van der Waals surface area contributed by atoms with Gasteiger partial charge < -0.3 is 24.4 Å². The molecule has 124 valence electrons. The molecule has 2 heterocycles. The van der Waals surface area contributed by atoms with Crippen LogP contribution in [0.5, 0.6) is 0 Å². The molecule has 0 saturated carbocycles. The Bertz CT molecular complexity index is 652. The summed E-state index contributed by atoms with van der Waals surface area (Å²) < 4.78 is 17.2. The summed E-state index contributed by atoms with van der Waals surface area (Å²) in [7, 11) is 1.24. The highest BCUT2D eigenvalue weighted by atomic mass is 32.5. The Morgan fingerprint density at radius 3 is 2.95 bits per heavy atom. The summed E-state index contributed by atoms with van der Waals surface area (Å²) in [5.74, 6) is 0.188. The van der Waals surface area contributed by atoms with Gasteiger partial charge in [0.25, 0.3) is 0 Å². The van der Waals surface area contributed by atoms with Crippen LogP contribution in [0.25, 0.3) is 0 Å². The average Bonchev–Trinajstić information content (AvgIpc) is 2.84. The summed E-state index contributed by atoms with van der Waals surface area (Å²) in [6.07, 6.45) is 1.13. The third-order valence-electron chi connectivity index (χ3n) is 3.55. The van der Waals surface area contributed by atoms with E-state index in [0.717, 1.165) is 0 Å². The molecule has 4 atom stereocenters. The monoisotopic (exact) mass is 348 g/mol. The Balaban J connectivity index is 2.24. The minimum atomic E-state index is -3.54. The topological polar surface area (TPSA) is 112 Å². The first-order chi connectivity index (χ1) is 10.3. The van der Waals surface area contributed by atoms with E-state index in [9.17, 15) is 9.69 Å². The van der Waals surface area contributed by atoms with Crippen molar-refractivity contribution in [2.75, 3.05) is 12.8 Å². The second-order valence-corrected chi connectivity index (χ2v) is 7.86. The van der Waals surface area contributed by atoms with Gasteiger partial charge >= 0.3 is 5.69 Å². The number of aryl methyl sites for hydroxylation is 1. The third-order valence-corrected chi connectivity index (χ3v) is 5.24.